The number of esters is 1. The van der Waals surface area contributed by atoms with Gasteiger partial charge in [0.2, 0.25) is 0 Å². The van der Waals surface area contributed by atoms with E-state index in [1.807, 2.05) is 23.5 Å². The highest BCUT2D eigenvalue weighted by atomic mass is 32.2. The number of thioether (sulfide) groups is 2. The number of hydrogen-bond donors (Lipinski definition) is 0. The van der Waals surface area contributed by atoms with Crippen molar-refractivity contribution in [3.63, 3.8) is 0 Å². The number of rotatable bonds is 5. The highest BCUT2D eigenvalue weighted by Gasteiger charge is 2.45. The van der Waals surface area contributed by atoms with Crippen LogP contribution >= 0.6 is 23.5 Å². The van der Waals surface area contributed by atoms with E-state index in [2.05, 4.69) is 4.90 Å². The fraction of sp³-hybridized carbons (Fsp3) is 0.650. The molecule has 7 heteroatoms. The number of likely N-dealkylation sites (tertiary alicyclic amines) is 1. The molecule has 2 heterocycles. The molecule has 1 unspecified atom stereocenters. The molecule has 0 N–H and O–H groups in total. The zero-order valence-electron chi connectivity index (χ0n) is 15.7. The SMILES string of the molecule is CCOC(=O)C1(Cc2ccc(F)cc2F)CCCN(C2CSCCSC2)C1. The van der Waals surface area contributed by atoms with E-state index >= 15 is 0 Å². The molecule has 2 aliphatic heterocycles. The van der Waals surface area contributed by atoms with Crippen molar-refractivity contribution in [1.29, 1.82) is 0 Å². The lowest BCUT2D eigenvalue weighted by Gasteiger charge is -2.44. The van der Waals surface area contributed by atoms with E-state index in [9.17, 15) is 13.6 Å². The van der Waals surface area contributed by atoms with Crippen molar-refractivity contribution in [3.05, 3.63) is 35.4 Å². The van der Waals surface area contributed by atoms with Gasteiger partial charge in [0.25, 0.3) is 0 Å². The Morgan fingerprint density at radius 2 is 2.04 bits per heavy atom. The first-order chi connectivity index (χ1) is 13.0. The summed E-state index contributed by atoms with van der Waals surface area (Å²) in [6, 6.07) is 4.04. The Morgan fingerprint density at radius 1 is 1.30 bits per heavy atom. The molecule has 1 atom stereocenters. The zero-order valence-corrected chi connectivity index (χ0v) is 17.3. The standard InChI is InChI=1S/C20H27F2NO2S2/c1-2-25-19(24)20(11-15-4-5-16(21)10-18(15)22)6-3-7-23(14-20)17-12-26-8-9-27-13-17/h4-5,10,17H,2-3,6-9,11-14H2,1H3. The van der Waals surface area contributed by atoms with Gasteiger partial charge in [0.05, 0.1) is 12.0 Å². The summed E-state index contributed by atoms with van der Waals surface area (Å²) in [5.74, 6) is 3.02. The summed E-state index contributed by atoms with van der Waals surface area (Å²) in [6.07, 6.45) is 1.81. The van der Waals surface area contributed by atoms with Crippen LogP contribution in [0.3, 0.4) is 0 Å². The van der Waals surface area contributed by atoms with Crippen LogP contribution in [0, 0.1) is 17.0 Å². The molecule has 0 amide bonds. The lowest BCUT2D eigenvalue weighted by atomic mass is 9.74. The van der Waals surface area contributed by atoms with E-state index in [4.69, 9.17) is 4.74 Å². The number of benzene rings is 1. The van der Waals surface area contributed by atoms with Crippen molar-refractivity contribution >= 4 is 29.5 Å². The molecule has 0 bridgehead atoms. The van der Waals surface area contributed by atoms with Crippen LogP contribution in [0.1, 0.15) is 25.3 Å². The molecule has 3 rings (SSSR count). The van der Waals surface area contributed by atoms with Gasteiger partial charge >= 0.3 is 5.97 Å². The third kappa shape index (κ3) is 5.18. The number of nitrogens with zero attached hydrogens (tertiary/aromatic N) is 1. The molecule has 0 aromatic heterocycles. The maximum atomic E-state index is 14.3. The van der Waals surface area contributed by atoms with E-state index in [1.54, 1.807) is 6.92 Å². The van der Waals surface area contributed by atoms with Gasteiger partial charge in [-0.1, -0.05) is 6.07 Å². The third-order valence-corrected chi connectivity index (χ3v) is 7.85. The Labute approximate surface area is 168 Å². The molecule has 2 aliphatic rings. The van der Waals surface area contributed by atoms with E-state index in [0.717, 1.165) is 30.5 Å². The quantitative estimate of drug-likeness (QED) is 0.678. The Bertz CT molecular complexity index is 653. The average molecular weight is 416 g/mol. The van der Waals surface area contributed by atoms with Crippen LogP contribution in [0.2, 0.25) is 0 Å². The molecular formula is C20H27F2NO2S2. The normalized spacial score (nSPS) is 25.1. The smallest absolute Gasteiger partial charge is 0.313 e. The first kappa shape index (κ1) is 20.9. The Morgan fingerprint density at radius 3 is 2.70 bits per heavy atom. The topological polar surface area (TPSA) is 29.5 Å². The van der Waals surface area contributed by atoms with E-state index < -0.39 is 17.0 Å². The third-order valence-electron chi connectivity index (χ3n) is 5.37. The molecule has 3 nitrogen and oxygen atoms in total. The first-order valence-corrected chi connectivity index (χ1v) is 11.9. The first-order valence-electron chi connectivity index (χ1n) is 9.55. The number of halogens is 2. The summed E-state index contributed by atoms with van der Waals surface area (Å²) in [4.78, 5) is 15.3. The van der Waals surface area contributed by atoms with Gasteiger partial charge in [-0.3, -0.25) is 9.69 Å². The molecule has 0 radical (unpaired) electrons. The Kier molecular flexibility index (Phi) is 7.45. The molecular weight excluding hydrogens is 388 g/mol. The molecule has 27 heavy (non-hydrogen) atoms. The Balaban J connectivity index is 1.84. The van der Waals surface area contributed by atoms with Crippen LogP contribution in [0.25, 0.3) is 0 Å². The maximum absolute atomic E-state index is 14.3. The number of carbonyl (C=O) groups excluding carboxylic acids is 1. The maximum Gasteiger partial charge on any atom is 0.313 e. The lowest BCUT2D eigenvalue weighted by Crippen LogP contribution is -2.54. The van der Waals surface area contributed by atoms with Crippen LogP contribution in [0.5, 0.6) is 0 Å². The Hall–Kier alpha value is -0.790. The van der Waals surface area contributed by atoms with Crippen molar-refractivity contribution in [2.45, 2.75) is 32.2 Å². The van der Waals surface area contributed by atoms with Gasteiger partial charge < -0.3 is 4.74 Å². The van der Waals surface area contributed by atoms with Gasteiger partial charge in [-0.2, -0.15) is 23.5 Å². The largest absolute Gasteiger partial charge is 0.466 e. The van der Waals surface area contributed by atoms with E-state index in [1.165, 1.54) is 23.6 Å². The highest BCUT2D eigenvalue weighted by molar-refractivity contribution is 8.03. The van der Waals surface area contributed by atoms with Gasteiger partial charge in [-0.15, -0.1) is 0 Å². The number of piperidine rings is 1. The van der Waals surface area contributed by atoms with Gasteiger partial charge in [-0.05, 0) is 44.4 Å². The fourth-order valence-electron chi connectivity index (χ4n) is 3.99. The molecule has 1 aromatic rings. The van der Waals surface area contributed by atoms with E-state index in [-0.39, 0.29) is 12.4 Å². The molecule has 0 spiro atoms. The van der Waals surface area contributed by atoms with Crippen LogP contribution < -0.4 is 0 Å². The lowest BCUT2D eigenvalue weighted by molar-refractivity contribution is -0.159. The summed E-state index contributed by atoms with van der Waals surface area (Å²) >= 11 is 3.93. The second kappa shape index (κ2) is 9.61. The fourth-order valence-corrected chi connectivity index (χ4v) is 6.62. The van der Waals surface area contributed by atoms with Gasteiger partial charge in [0, 0.05) is 41.7 Å². The highest BCUT2D eigenvalue weighted by Crippen LogP contribution is 2.38. The van der Waals surface area contributed by atoms with Gasteiger partial charge in [0.1, 0.15) is 11.6 Å². The molecule has 0 aliphatic carbocycles. The summed E-state index contributed by atoms with van der Waals surface area (Å²) in [5.41, 5.74) is -0.384. The average Bonchev–Trinajstić information content (AvgIpc) is 2.94. The van der Waals surface area contributed by atoms with Crippen molar-refractivity contribution < 1.29 is 18.3 Å². The molecule has 2 fully saturated rings. The zero-order chi connectivity index (χ0) is 19.3. The van der Waals surface area contributed by atoms with Crippen LogP contribution in [0.15, 0.2) is 18.2 Å². The van der Waals surface area contributed by atoms with Crippen molar-refractivity contribution in [3.8, 4) is 0 Å². The minimum absolute atomic E-state index is 0.251. The predicted molar refractivity (Wildman–Crippen MR) is 108 cm³/mol. The van der Waals surface area contributed by atoms with Crippen LogP contribution in [0.4, 0.5) is 8.78 Å². The van der Waals surface area contributed by atoms with Crippen molar-refractivity contribution in [2.75, 3.05) is 42.7 Å². The van der Waals surface area contributed by atoms with Crippen LogP contribution in [-0.4, -0.2) is 59.6 Å². The molecule has 150 valence electrons. The molecule has 2 saturated heterocycles. The van der Waals surface area contributed by atoms with Gasteiger partial charge in [0.15, 0.2) is 0 Å². The number of carbonyl (C=O) groups is 1. The van der Waals surface area contributed by atoms with Crippen molar-refractivity contribution in [1.82, 2.24) is 4.90 Å². The summed E-state index contributed by atoms with van der Waals surface area (Å²) in [5, 5.41) is 0. The molecule has 1 aromatic carbocycles. The minimum Gasteiger partial charge on any atom is -0.466 e. The second-order valence-corrected chi connectivity index (χ2v) is 9.59. The summed E-state index contributed by atoms with van der Waals surface area (Å²) < 4.78 is 33.0. The monoisotopic (exact) mass is 415 g/mol. The van der Waals surface area contributed by atoms with Crippen molar-refractivity contribution in [2.24, 2.45) is 5.41 Å². The number of hydrogen-bond acceptors (Lipinski definition) is 5. The van der Waals surface area contributed by atoms with Crippen LogP contribution in [-0.2, 0) is 16.0 Å². The van der Waals surface area contributed by atoms with E-state index in [0.29, 0.717) is 31.2 Å². The summed E-state index contributed by atoms with van der Waals surface area (Å²) in [6.45, 7) is 3.64. The minimum atomic E-state index is -0.769. The summed E-state index contributed by atoms with van der Waals surface area (Å²) in [7, 11) is 0. The van der Waals surface area contributed by atoms with Gasteiger partial charge in [-0.25, -0.2) is 8.78 Å². The second-order valence-electron chi connectivity index (χ2n) is 7.29. The number of ether oxygens (including phenoxy) is 1. The molecule has 0 saturated carbocycles. The predicted octanol–water partition coefficient (Wildman–Crippen LogP) is 4.00.